The van der Waals surface area contributed by atoms with E-state index in [-0.39, 0.29) is 23.5 Å². The average Bonchev–Trinajstić information content (AvgIpc) is 2.75. The smallest absolute Gasteiger partial charge is 0.274 e. The minimum absolute atomic E-state index is 0.204. The molecule has 1 rings (SSSR count). The molecule has 0 aromatic carbocycles. The molecule has 0 saturated carbocycles. The van der Waals surface area contributed by atoms with Crippen molar-refractivity contribution in [3.63, 3.8) is 0 Å². The van der Waals surface area contributed by atoms with Crippen molar-refractivity contribution in [3.8, 4) is 0 Å². The van der Waals surface area contributed by atoms with Gasteiger partial charge < -0.3 is 14.3 Å². The van der Waals surface area contributed by atoms with Gasteiger partial charge in [0.05, 0.1) is 6.61 Å². The van der Waals surface area contributed by atoms with E-state index in [1.54, 1.807) is 6.92 Å². The first kappa shape index (κ1) is 14.2. The molecule has 0 amide bonds. The highest BCUT2D eigenvalue weighted by molar-refractivity contribution is 7.89. The van der Waals surface area contributed by atoms with Crippen LogP contribution in [0.5, 0.6) is 0 Å². The molecular formula is C10H17NO5S. The summed E-state index contributed by atoms with van der Waals surface area (Å²) in [5.41, 5.74) is 0. The van der Waals surface area contributed by atoms with E-state index >= 15 is 0 Å². The van der Waals surface area contributed by atoms with Crippen LogP contribution in [0.3, 0.4) is 0 Å². The van der Waals surface area contributed by atoms with Gasteiger partial charge in [-0.05, 0) is 26.0 Å². The van der Waals surface area contributed by atoms with Crippen LogP contribution in [0.15, 0.2) is 21.6 Å². The van der Waals surface area contributed by atoms with E-state index in [4.69, 9.17) is 14.3 Å². The van der Waals surface area contributed by atoms with Crippen LogP contribution in [0.1, 0.15) is 19.6 Å². The maximum absolute atomic E-state index is 11.8. The zero-order valence-corrected chi connectivity index (χ0v) is 10.7. The number of nitrogens with one attached hydrogen (secondary N) is 1. The van der Waals surface area contributed by atoms with Gasteiger partial charge in [-0.2, -0.15) is 0 Å². The van der Waals surface area contributed by atoms with Crippen LogP contribution >= 0.6 is 0 Å². The topological polar surface area (TPSA) is 88.8 Å². The summed E-state index contributed by atoms with van der Waals surface area (Å²) in [6.07, 6.45) is 0. The van der Waals surface area contributed by atoms with Crippen LogP contribution < -0.4 is 4.72 Å². The Bertz CT molecular complexity index is 439. The first-order chi connectivity index (χ1) is 7.99. The molecule has 1 unspecified atom stereocenters. The van der Waals surface area contributed by atoms with E-state index in [9.17, 15) is 8.42 Å². The predicted molar refractivity (Wildman–Crippen MR) is 60.9 cm³/mol. The largest absolute Gasteiger partial charge is 0.446 e. The zero-order chi connectivity index (χ0) is 12.9. The van der Waals surface area contributed by atoms with E-state index in [1.165, 1.54) is 12.1 Å². The van der Waals surface area contributed by atoms with Crippen molar-refractivity contribution in [2.45, 2.75) is 31.6 Å². The lowest BCUT2D eigenvalue weighted by molar-refractivity contribution is 0.133. The van der Waals surface area contributed by atoms with E-state index in [0.29, 0.717) is 13.2 Å². The molecule has 0 aliphatic rings. The maximum atomic E-state index is 11.8. The number of hydrogen-bond acceptors (Lipinski definition) is 5. The maximum Gasteiger partial charge on any atom is 0.274 e. The van der Waals surface area contributed by atoms with Crippen LogP contribution in [0.25, 0.3) is 0 Å². The molecule has 2 N–H and O–H groups in total. The Balaban J connectivity index is 2.68. The standard InChI is InChI=1S/C10H17NO5S/c1-3-15-7-8(2)11-17(13,14)10-5-4-9(6-12)16-10/h4-5,8,11-12H,3,6-7H2,1-2H3. The fourth-order valence-corrected chi connectivity index (χ4v) is 2.42. The summed E-state index contributed by atoms with van der Waals surface area (Å²) < 4.78 is 36.1. The highest BCUT2D eigenvalue weighted by atomic mass is 32.2. The Labute approximate surface area is 101 Å². The molecule has 6 nitrogen and oxygen atoms in total. The second kappa shape index (κ2) is 6.15. The number of hydrogen-bond donors (Lipinski definition) is 2. The van der Waals surface area contributed by atoms with Gasteiger partial charge in [0.25, 0.3) is 10.0 Å². The monoisotopic (exact) mass is 263 g/mol. The molecule has 17 heavy (non-hydrogen) atoms. The van der Waals surface area contributed by atoms with Crippen molar-refractivity contribution in [3.05, 3.63) is 17.9 Å². The molecule has 1 heterocycles. The first-order valence-electron chi connectivity index (χ1n) is 5.29. The summed E-state index contributed by atoms with van der Waals surface area (Å²) in [4.78, 5) is 0. The molecule has 1 aromatic rings. The highest BCUT2D eigenvalue weighted by Gasteiger charge is 2.21. The van der Waals surface area contributed by atoms with Gasteiger partial charge in [-0.25, -0.2) is 13.1 Å². The molecule has 0 saturated heterocycles. The summed E-state index contributed by atoms with van der Waals surface area (Å²) in [5.74, 6) is 0.211. The second-order valence-electron chi connectivity index (χ2n) is 3.56. The van der Waals surface area contributed by atoms with Gasteiger partial charge in [0, 0.05) is 12.6 Å². The Kier molecular flexibility index (Phi) is 5.13. The van der Waals surface area contributed by atoms with Gasteiger partial charge in [-0.3, -0.25) is 0 Å². The van der Waals surface area contributed by atoms with E-state index in [2.05, 4.69) is 4.72 Å². The molecule has 7 heteroatoms. The van der Waals surface area contributed by atoms with E-state index in [1.807, 2.05) is 6.92 Å². The SMILES string of the molecule is CCOCC(C)NS(=O)(=O)c1ccc(CO)o1. The van der Waals surface area contributed by atoms with Crippen LogP contribution in [-0.4, -0.2) is 32.8 Å². The number of rotatable bonds is 7. The average molecular weight is 263 g/mol. The molecule has 0 bridgehead atoms. The summed E-state index contributed by atoms with van der Waals surface area (Å²) >= 11 is 0. The third-order valence-corrected chi connectivity index (χ3v) is 3.45. The number of aliphatic hydroxyl groups excluding tert-OH is 1. The molecule has 0 radical (unpaired) electrons. The van der Waals surface area contributed by atoms with Crippen LogP contribution in [0.4, 0.5) is 0 Å². The van der Waals surface area contributed by atoms with Gasteiger partial charge in [-0.15, -0.1) is 0 Å². The van der Waals surface area contributed by atoms with Crippen LogP contribution in [0.2, 0.25) is 0 Å². The molecule has 1 aromatic heterocycles. The van der Waals surface area contributed by atoms with Crippen molar-refractivity contribution in [1.82, 2.24) is 4.72 Å². The molecule has 0 fully saturated rings. The van der Waals surface area contributed by atoms with Crippen LogP contribution in [0, 0.1) is 0 Å². The van der Waals surface area contributed by atoms with Gasteiger partial charge in [0.15, 0.2) is 0 Å². The van der Waals surface area contributed by atoms with Crippen molar-refractivity contribution in [2.75, 3.05) is 13.2 Å². The quantitative estimate of drug-likeness (QED) is 0.746. The Morgan fingerprint density at radius 2 is 2.24 bits per heavy atom. The van der Waals surface area contributed by atoms with Gasteiger partial charge in [-0.1, -0.05) is 0 Å². The molecule has 98 valence electrons. The van der Waals surface area contributed by atoms with Crippen molar-refractivity contribution >= 4 is 10.0 Å². The number of sulfonamides is 1. The molecule has 0 aliphatic carbocycles. The Morgan fingerprint density at radius 1 is 1.53 bits per heavy atom. The van der Waals surface area contributed by atoms with Crippen molar-refractivity contribution in [2.24, 2.45) is 0 Å². The summed E-state index contributed by atoms with van der Waals surface area (Å²) in [7, 11) is -3.69. The molecule has 0 aliphatic heterocycles. The zero-order valence-electron chi connectivity index (χ0n) is 9.84. The minimum atomic E-state index is -3.69. The van der Waals surface area contributed by atoms with E-state index < -0.39 is 10.0 Å². The van der Waals surface area contributed by atoms with Crippen LogP contribution in [-0.2, 0) is 21.4 Å². The number of aliphatic hydroxyl groups is 1. The van der Waals surface area contributed by atoms with Gasteiger partial charge in [0.2, 0.25) is 5.09 Å². The third-order valence-electron chi connectivity index (χ3n) is 1.99. The summed E-state index contributed by atoms with van der Waals surface area (Å²) in [5, 5.41) is 8.58. The number of ether oxygens (including phenoxy) is 1. The molecular weight excluding hydrogens is 246 g/mol. The van der Waals surface area contributed by atoms with Crippen molar-refractivity contribution < 1.29 is 22.7 Å². The fraction of sp³-hybridized carbons (Fsp3) is 0.600. The molecule has 1 atom stereocenters. The summed E-state index contributed by atoms with van der Waals surface area (Å²) in [6, 6.07) is 2.38. The Hall–Kier alpha value is -0.890. The summed E-state index contributed by atoms with van der Waals surface area (Å²) in [6.45, 7) is 4.03. The van der Waals surface area contributed by atoms with E-state index in [0.717, 1.165) is 0 Å². The third kappa shape index (κ3) is 4.12. The second-order valence-corrected chi connectivity index (χ2v) is 5.21. The van der Waals surface area contributed by atoms with Crippen molar-refractivity contribution in [1.29, 1.82) is 0 Å². The Morgan fingerprint density at radius 3 is 2.76 bits per heavy atom. The lowest BCUT2D eigenvalue weighted by Crippen LogP contribution is -2.35. The first-order valence-corrected chi connectivity index (χ1v) is 6.77. The molecule has 0 spiro atoms. The predicted octanol–water partition coefficient (Wildman–Crippen LogP) is 0.475. The van der Waals surface area contributed by atoms with Gasteiger partial charge >= 0.3 is 0 Å². The fourth-order valence-electron chi connectivity index (χ4n) is 1.24. The number of furan rings is 1. The lowest BCUT2D eigenvalue weighted by Gasteiger charge is -2.12. The normalized spacial score (nSPS) is 13.8. The lowest BCUT2D eigenvalue weighted by atomic mass is 10.4. The highest BCUT2D eigenvalue weighted by Crippen LogP contribution is 2.14. The van der Waals surface area contributed by atoms with Gasteiger partial charge in [0.1, 0.15) is 12.4 Å². The minimum Gasteiger partial charge on any atom is -0.446 e.